The Hall–Kier alpha value is -2.68. The number of aromatic nitrogens is 1. The van der Waals surface area contributed by atoms with E-state index >= 15 is 0 Å². The first-order valence-corrected chi connectivity index (χ1v) is 6.38. The van der Waals surface area contributed by atoms with Crippen molar-refractivity contribution in [2.24, 2.45) is 0 Å². The maximum absolute atomic E-state index is 11.0. The van der Waals surface area contributed by atoms with Crippen LogP contribution in [0.5, 0.6) is 0 Å². The van der Waals surface area contributed by atoms with Gasteiger partial charge in [-0.05, 0) is 40.2 Å². The van der Waals surface area contributed by atoms with Crippen LogP contribution in [0.1, 0.15) is 10.4 Å². The number of hydrogen-bond donors (Lipinski definition) is 3. The van der Waals surface area contributed by atoms with E-state index in [1.54, 1.807) is 12.1 Å². The third kappa shape index (κ3) is 3.26. The molecule has 0 aliphatic heterocycles. The van der Waals surface area contributed by atoms with E-state index in [1.807, 2.05) is 0 Å². The molecule has 1 aromatic heterocycles. The highest BCUT2D eigenvalue weighted by Crippen LogP contribution is 2.25. The lowest BCUT2D eigenvalue weighted by Gasteiger charge is -2.08. The molecule has 0 spiro atoms. The van der Waals surface area contributed by atoms with Crippen LogP contribution in [0.15, 0.2) is 34.8 Å². The normalized spacial score (nSPS) is 10.1. The van der Waals surface area contributed by atoms with Crippen LogP contribution >= 0.6 is 15.9 Å². The molecule has 0 aliphatic rings. The standard InChI is InChI=1S/C12H9BrN4O4/c13-8-2-1-6(5-7(8)12(18)19)15-10-4-3-9(17(20)21)11(14)16-10/h1-5H,(H,18,19)(H3,14,15,16). The smallest absolute Gasteiger partial charge is 0.336 e. The van der Waals surface area contributed by atoms with Gasteiger partial charge in [-0.15, -0.1) is 0 Å². The van der Waals surface area contributed by atoms with Gasteiger partial charge in [-0.2, -0.15) is 0 Å². The third-order valence-corrected chi connectivity index (χ3v) is 3.26. The van der Waals surface area contributed by atoms with Crippen LogP contribution in [0.4, 0.5) is 23.0 Å². The first kappa shape index (κ1) is 14.7. The van der Waals surface area contributed by atoms with E-state index in [0.29, 0.717) is 10.2 Å². The number of pyridine rings is 1. The Kier molecular flexibility index (Phi) is 4.03. The fourth-order valence-electron chi connectivity index (χ4n) is 1.61. The van der Waals surface area contributed by atoms with Crippen LogP contribution in [-0.4, -0.2) is 21.0 Å². The fraction of sp³-hybridized carbons (Fsp3) is 0. The van der Waals surface area contributed by atoms with Gasteiger partial charge in [0, 0.05) is 16.2 Å². The average molecular weight is 353 g/mol. The molecule has 0 fully saturated rings. The lowest BCUT2D eigenvalue weighted by molar-refractivity contribution is -0.384. The van der Waals surface area contributed by atoms with Crippen molar-refractivity contribution in [3.05, 3.63) is 50.5 Å². The molecule has 1 heterocycles. The van der Waals surface area contributed by atoms with Crippen LogP contribution in [0.2, 0.25) is 0 Å². The Morgan fingerprint density at radius 1 is 1.38 bits per heavy atom. The van der Waals surface area contributed by atoms with Crippen molar-refractivity contribution in [2.75, 3.05) is 11.1 Å². The summed E-state index contributed by atoms with van der Waals surface area (Å²) >= 11 is 3.13. The molecule has 21 heavy (non-hydrogen) atoms. The number of anilines is 3. The van der Waals surface area contributed by atoms with Crippen LogP contribution in [-0.2, 0) is 0 Å². The molecular weight excluding hydrogens is 344 g/mol. The molecule has 0 radical (unpaired) electrons. The Balaban J connectivity index is 2.30. The molecule has 0 saturated carbocycles. The van der Waals surface area contributed by atoms with Gasteiger partial charge in [-0.1, -0.05) is 0 Å². The van der Waals surface area contributed by atoms with Gasteiger partial charge in [0.05, 0.1) is 10.5 Å². The zero-order valence-electron chi connectivity index (χ0n) is 10.4. The molecular formula is C12H9BrN4O4. The van der Waals surface area contributed by atoms with Crippen molar-refractivity contribution in [1.29, 1.82) is 0 Å². The lowest BCUT2D eigenvalue weighted by atomic mass is 10.2. The van der Waals surface area contributed by atoms with Gasteiger partial charge in [0.1, 0.15) is 5.82 Å². The summed E-state index contributed by atoms with van der Waals surface area (Å²) in [5.41, 5.74) is 5.74. The summed E-state index contributed by atoms with van der Waals surface area (Å²) in [6.07, 6.45) is 0. The van der Waals surface area contributed by atoms with Crippen molar-refractivity contribution >= 4 is 44.9 Å². The predicted molar refractivity (Wildman–Crippen MR) is 79.7 cm³/mol. The molecule has 0 atom stereocenters. The van der Waals surface area contributed by atoms with E-state index in [9.17, 15) is 14.9 Å². The Morgan fingerprint density at radius 2 is 2.10 bits per heavy atom. The van der Waals surface area contributed by atoms with Crippen LogP contribution in [0.25, 0.3) is 0 Å². The summed E-state index contributed by atoms with van der Waals surface area (Å²) in [6, 6.07) is 7.22. The van der Waals surface area contributed by atoms with Gasteiger partial charge in [0.15, 0.2) is 0 Å². The minimum absolute atomic E-state index is 0.0786. The first-order valence-electron chi connectivity index (χ1n) is 5.59. The number of benzene rings is 1. The number of carboxylic acids is 1. The summed E-state index contributed by atoms with van der Waals surface area (Å²) in [7, 11) is 0. The quantitative estimate of drug-likeness (QED) is 0.569. The predicted octanol–water partition coefficient (Wildman–Crippen LogP) is 2.78. The average Bonchev–Trinajstić information content (AvgIpc) is 2.40. The van der Waals surface area contributed by atoms with Gasteiger partial charge in [-0.3, -0.25) is 10.1 Å². The zero-order valence-corrected chi connectivity index (χ0v) is 12.0. The molecule has 1 aromatic carbocycles. The summed E-state index contributed by atoms with van der Waals surface area (Å²) in [5, 5.41) is 22.5. The number of rotatable bonds is 4. The SMILES string of the molecule is Nc1nc(Nc2ccc(Br)c(C(=O)O)c2)ccc1[N+](=O)[O-]. The number of halogens is 1. The van der Waals surface area contributed by atoms with Gasteiger partial charge >= 0.3 is 11.7 Å². The summed E-state index contributed by atoms with van der Waals surface area (Å²) < 4.78 is 0.441. The summed E-state index contributed by atoms with van der Waals surface area (Å²) in [4.78, 5) is 24.9. The molecule has 8 nitrogen and oxygen atoms in total. The van der Waals surface area contributed by atoms with E-state index in [2.05, 4.69) is 26.2 Å². The number of nitrogens with two attached hydrogens (primary N) is 1. The highest BCUT2D eigenvalue weighted by atomic mass is 79.9. The van der Waals surface area contributed by atoms with Crippen LogP contribution in [0, 0.1) is 10.1 Å². The lowest BCUT2D eigenvalue weighted by Crippen LogP contribution is -2.03. The van der Waals surface area contributed by atoms with Crippen molar-refractivity contribution in [3.8, 4) is 0 Å². The Bertz CT molecular complexity index is 735. The molecule has 4 N–H and O–H groups in total. The topological polar surface area (TPSA) is 131 Å². The van der Waals surface area contributed by atoms with Gasteiger partial charge < -0.3 is 16.2 Å². The van der Waals surface area contributed by atoms with Crippen molar-refractivity contribution in [1.82, 2.24) is 4.98 Å². The highest BCUT2D eigenvalue weighted by molar-refractivity contribution is 9.10. The monoisotopic (exact) mass is 352 g/mol. The number of aromatic carboxylic acids is 1. The molecule has 0 unspecified atom stereocenters. The number of carbonyl (C=O) groups is 1. The third-order valence-electron chi connectivity index (χ3n) is 2.57. The maximum atomic E-state index is 11.0. The minimum atomic E-state index is -1.08. The Morgan fingerprint density at radius 3 is 2.67 bits per heavy atom. The van der Waals surface area contributed by atoms with E-state index in [1.165, 1.54) is 18.2 Å². The first-order chi connectivity index (χ1) is 9.88. The molecule has 0 amide bonds. The minimum Gasteiger partial charge on any atom is -0.478 e. The van der Waals surface area contributed by atoms with E-state index < -0.39 is 10.9 Å². The number of nitrogens with one attached hydrogen (secondary N) is 1. The second-order valence-corrected chi connectivity index (χ2v) is 4.84. The summed E-state index contributed by atoms with van der Waals surface area (Å²) in [6.45, 7) is 0. The second kappa shape index (κ2) is 5.75. The number of nitrogen functional groups attached to an aromatic ring is 1. The molecule has 2 rings (SSSR count). The van der Waals surface area contributed by atoms with E-state index in [-0.39, 0.29) is 22.9 Å². The van der Waals surface area contributed by atoms with Gasteiger partial charge in [0.25, 0.3) is 0 Å². The number of carboxylic acid groups (broad SMARTS) is 1. The molecule has 9 heteroatoms. The molecule has 108 valence electrons. The second-order valence-electron chi connectivity index (χ2n) is 3.98. The van der Waals surface area contributed by atoms with Gasteiger partial charge in [-0.25, -0.2) is 9.78 Å². The fourth-order valence-corrected chi connectivity index (χ4v) is 2.02. The van der Waals surface area contributed by atoms with Crippen molar-refractivity contribution in [3.63, 3.8) is 0 Å². The number of hydrogen-bond acceptors (Lipinski definition) is 6. The number of nitrogens with zero attached hydrogens (tertiary/aromatic N) is 2. The van der Waals surface area contributed by atoms with E-state index in [4.69, 9.17) is 10.8 Å². The van der Waals surface area contributed by atoms with Crippen molar-refractivity contribution < 1.29 is 14.8 Å². The van der Waals surface area contributed by atoms with Crippen molar-refractivity contribution in [2.45, 2.75) is 0 Å². The summed E-state index contributed by atoms with van der Waals surface area (Å²) in [5.74, 6) is -1.03. The zero-order chi connectivity index (χ0) is 15.6. The van der Waals surface area contributed by atoms with Crippen LogP contribution < -0.4 is 11.1 Å². The molecule has 0 aliphatic carbocycles. The molecule has 0 saturated heterocycles. The number of nitro groups is 1. The largest absolute Gasteiger partial charge is 0.478 e. The Labute approximate surface area is 126 Å². The van der Waals surface area contributed by atoms with Crippen LogP contribution in [0.3, 0.4) is 0 Å². The highest BCUT2D eigenvalue weighted by Gasteiger charge is 2.14. The van der Waals surface area contributed by atoms with Gasteiger partial charge in [0.2, 0.25) is 5.82 Å². The van der Waals surface area contributed by atoms with E-state index in [0.717, 1.165) is 0 Å². The molecule has 0 bridgehead atoms. The maximum Gasteiger partial charge on any atom is 0.336 e. The molecule has 2 aromatic rings.